The molecule has 1 atom stereocenters. The molecule has 1 aliphatic rings. The summed E-state index contributed by atoms with van der Waals surface area (Å²) >= 11 is 0. The Morgan fingerprint density at radius 3 is 3.05 bits per heavy atom. The van der Waals surface area contributed by atoms with Crippen LogP contribution in [0.1, 0.15) is 41.6 Å². The van der Waals surface area contributed by atoms with Crippen molar-refractivity contribution in [2.24, 2.45) is 0 Å². The van der Waals surface area contributed by atoms with Crippen LogP contribution < -0.4 is 10.9 Å². The number of carbonyl (C=O) groups excluding carboxylic acids is 1. The molecule has 2 aromatic rings. The summed E-state index contributed by atoms with van der Waals surface area (Å²) in [6, 6.07) is 4.73. The van der Waals surface area contributed by atoms with Crippen LogP contribution in [0.5, 0.6) is 0 Å². The first-order valence-corrected chi connectivity index (χ1v) is 7.58. The first kappa shape index (κ1) is 14.6. The molecule has 0 fully saturated rings. The van der Waals surface area contributed by atoms with E-state index in [9.17, 15) is 9.59 Å². The van der Waals surface area contributed by atoms with Gasteiger partial charge in [-0.2, -0.15) is 5.10 Å². The van der Waals surface area contributed by atoms with Gasteiger partial charge in [-0.1, -0.05) is 0 Å². The minimum atomic E-state index is -0.288. The van der Waals surface area contributed by atoms with Crippen molar-refractivity contribution in [2.75, 3.05) is 0 Å². The Labute approximate surface area is 128 Å². The van der Waals surface area contributed by atoms with E-state index in [1.807, 2.05) is 6.92 Å². The van der Waals surface area contributed by atoms with E-state index in [4.69, 9.17) is 4.42 Å². The van der Waals surface area contributed by atoms with Crippen LogP contribution in [0.15, 0.2) is 33.7 Å². The van der Waals surface area contributed by atoms with Crippen molar-refractivity contribution in [1.82, 2.24) is 15.1 Å². The van der Waals surface area contributed by atoms with E-state index < -0.39 is 0 Å². The molecule has 0 bridgehead atoms. The number of hydrogen-bond acceptors (Lipinski definition) is 4. The summed E-state index contributed by atoms with van der Waals surface area (Å²) in [6.45, 7) is 2.19. The van der Waals surface area contributed by atoms with Crippen LogP contribution in [-0.4, -0.2) is 21.7 Å². The molecule has 2 heterocycles. The van der Waals surface area contributed by atoms with Gasteiger partial charge < -0.3 is 9.73 Å². The second-order valence-electron chi connectivity index (χ2n) is 5.70. The van der Waals surface area contributed by atoms with E-state index in [0.29, 0.717) is 6.54 Å². The molecule has 0 radical (unpaired) electrons. The zero-order valence-corrected chi connectivity index (χ0v) is 12.5. The van der Waals surface area contributed by atoms with Crippen LogP contribution in [-0.2, 0) is 19.4 Å². The number of aryl methyl sites for hydroxylation is 2. The molecule has 0 spiro atoms. The third kappa shape index (κ3) is 3.10. The molecule has 0 aliphatic heterocycles. The second kappa shape index (κ2) is 6.17. The first-order valence-electron chi connectivity index (χ1n) is 7.58. The molecule has 0 saturated heterocycles. The zero-order valence-electron chi connectivity index (χ0n) is 12.5. The molecule has 1 N–H and O–H groups in total. The van der Waals surface area contributed by atoms with Gasteiger partial charge in [0, 0.05) is 12.1 Å². The molecule has 116 valence electrons. The van der Waals surface area contributed by atoms with Crippen LogP contribution in [0.4, 0.5) is 0 Å². The second-order valence-corrected chi connectivity index (χ2v) is 5.70. The smallest absolute Gasteiger partial charge is 0.287 e. The van der Waals surface area contributed by atoms with Gasteiger partial charge in [0.25, 0.3) is 11.5 Å². The molecule has 0 aromatic carbocycles. The lowest BCUT2D eigenvalue weighted by Crippen LogP contribution is -2.39. The highest BCUT2D eigenvalue weighted by atomic mass is 16.3. The van der Waals surface area contributed by atoms with E-state index in [2.05, 4.69) is 10.4 Å². The van der Waals surface area contributed by atoms with Crippen molar-refractivity contribution in [2.45, 2.75) is 45.2 Å². The summed E-state index contributed by atoms with van der Waals surface area (Å²) in [7, 11) is 0. The maximum Gasteiger partial charge on any atom is 0.287 e. The fourth-order valence-corrected chi connectivity index (χ4v) is 2.74. The minimum absolute atomic E-state index is 0.111. The van der Waals surface area contributed by atoms with Gasteiger partial charge in [-0.15, -0.1) is 0 Å². The molecule has 0 saturated carbocycles. The van der Waals surface area contributed by atoms with Gasteiger partial charge in [0.05, 0.1) is 18.5 Å². The first-order chi connectivity index (χ1) is 10.6. The lowest BCUT2D eigenvalue weighted by molar-refractivity contribution is 0.0907. The Morgan fingerprint density at radius 1 is 1.45 bits per heavy atom. The number of fused-ring (bicyclic) bond motifs is 1. The lowest BCUT2D eigenvalue weighted by atomic mass is 9.97. The summed E-state index contributed by atoms with van der Waals surface area (Å²) in [5.74, 6) is -0.0268. The van der Waals surface area contributed by atoms with Crippen molar-refractivity contribution < 1.29 is 9.21 Å². The third-order valence-electron chi connectivity index (χ3n) is 3.84. The highest BCUT2D eigenvalue weighted by Gasteiger charge is 2.16. The van der Waals surface area contributed by atoms with Gasteiger partial charge in [-0.05, 0) is 50.3 Å². The lowest BCUT2D eigenvalue weighted by Gasteiger charge is -2.18. The quantitative estimate of drug-likeness (QED) is 0.929. The fourth-order valence-electron chi connectivity index (χ4n) is 2.74. The number of rotatable bonds is 4. The maximum atomic E-state index is 12.1. The van der Waals surface area contributed by atoms with Gasteiger partial charge in [-0.25, -0.2) is 4.68 Å². The van der Waals surface area contributed by atoms with Gasteiger partial charge >= 0.3 is 0 Å². The summed E-state index contributed by atoms with van der Waals surface area (Å²) in [6.07, 6.45) is 5.54. The van der Waals surface area contributed by atoms with Crippen molar-refractivity contribution in [3.05, 3.63) is 51.8 Å². The predicted molar refractivity (Wildman–Crippen MR) is 80.8 cm³/mol. The Morgan fingerprint density at radius 2 is 2.27 bits per heavy atom. The topological polar surface area (TPSA) is 77.1 Å². The maximum absolute atomic E-state index is 12.1. The number of carbonyl (C=O) groups is 1. The Balaban J connectivity index is 1.70. The normalized spacial score (nSPS) is 15.1. The number of furan rings is 1. The molecular weight excluding hydrogens is 282 g/mol. The Bertz CT molecular complexity index is 719. The number of nitrogens with one attached hydrogen (secondary N) is 1. The van der Waals surface area contributed by atoms with Crippen molar-refractivity contribution in [1.29, 1.82) is 0 Å². The molecule has 6 heteroatoms. The standard InChI is InChI=1S/C16H19N3O3/c1-11(17-16(21)14-7-4-8-22-14)10-19-15(20)9-12-5-2-3-6-13(12)18-19/h4,7-9,11H,2-3,5-6,10H2,1H3,(H,17,21)/t11-/m0/s1. The zero-order chi connectivity index (χ0) is 15.5. The number of aromatic nitrogens is 2. The van der Waals surface area contributed by atoms with Gasteiger partial charge in [-0.3, -0.25) is 9.59 Å². The largest absolute Gasteiger partial charge is 0.459 e. The SMILES string of the molecule is C[C@@H](Cn1nc2c(cc1=O)CCCC2)NC(=O)c1ccco1. The van der Waals surface area contributed by atoms with Crippen LogP contribution in [0, 0.1) is 0 Å². The van der Waals surface area contributed by atoms with Crippen LogP contribution in [0.25, 0.3) is 0 Å². The van der Waals surface area contributed by atoms with Gasteiger partial charge in [0.1, 0.15) is 0 Å². The molecule has 3 rings (SSSR count). The van der Waals surface area contributed by atoms with Crippen molar-refractivity contribution >= 4 is 5.91 Å². The summed E-state index contributed by atoms with van der Waals surface area (Å²) in [5.41, 5.74) is 1.97. The van der Waals surface area contributed by atoms with E-state index in [1.165, 1.54) is 10.9 Å². The molecule has 6 nitrogen and oxygen atoms in total. The molecular formula is C16H19N3O3. The molecule has 2 aromatic heterocycles. The molecule has 0 unspecified atom stereocenters. The highest BCUT2D eigenvalue weighted by molar-refractivity contribution is 5.91. The third-order valence-corrected chi connectivity index (χ3v) is 3.84. The number of hydrogen-bond donors (Lipinski definition) is 1. The Kier molecular flexibility index (Phi) is 4.09. The van der Waals surface area contributed by atoms with Crippen LogP contribution >= 0.6 is 0 Å². The highest BCUT2D eigenvalue weighted by Crippen LogP contribution is 2.16. The van der Waals surface area contributed by atoms with Crippen LogP contribution in [0.3, 0.4) is 0 Å². The van der Waals surface area contributed by atoms with Crippen molar-refractivity contribution in [3.8, 4) is 0 Å². The number of amides is 1. The van der Waals surface area contributed by atoms with E-state index >= 15 is 0 Å². The van der Waals surface area contributed by atoms with E-state index in [-0.39, 0.29) is 23.3 Å². The molecule has 1 amide bonds. The van der Waals surface area contributed by atoms with E-state index in [1.54, 1.807) is 18.2 Å². The Hall–Kier alpha value is -2.37. The summed E-state index contributed by atoms with van der Waals surface area (Å²) in [5, 5.41) is 7.26. The average molecular weight is 301 g/mol. The summed E-state index contributed by atoms with van der Waals surface area (Å²) < 4.78 is 6.49. The fraction of sp³-hybridized carbons (Fsp3) is 0.438. The molecule has 1 aliphatic carbocycles. The van der Waals surface area contributed by atoms with Crippen molar-refractivity contribution in [3.63, 3.8) is 0 Å². The van der Waals surface area contributed by atoms with Crippen LogP contribution in [0.2, 0.25) is 0 Å². The van der Waals surface area contributed by atoms with Gasteiger partial charge in [0.2, 0.25) is 0 Å². The van der Waals surface area contributed by atoms with E-state index in [0.717, 1.165) is 36.9 Å². The van der Waals surface area contributed by atoms with Gasteiger partial charge in [0.15, 0.2) is 5.76 Å². The monoisotopic (exact) mass is 301 g/mol. The summed E-state index contributed by atoms with van der Waals surface area (Å²) in [4.78, 5) is 24.0. The molecule has 22 heavy (non-hydrogen) atoms. The predicted octanol–water partition coefficient (Wildman–Crippen LogP) is 1.53. The number of nitrogens with zero attached hydrogens (tertiary/aromatic N) is 2. The minimum Gasteiger partial charge on any atom is -0.459 e. The average Bonchev–Trinajstić information content (AvgIpc) is 3.02.